The molecule has 0 aromatic heterocycles. The first-order chi connectivity index (χ1) is 15.4. The molecule has 3 saturated heterocycles. The Hall–Kier alpha value is 0.0200. The van der Waals surface area contributed by atoms with Crippen LogP contribution >= 0.6 is 15.6 Å². The van der Waals surface area contributed by atoms with Crippen molar-refractivity contribution in [2.24, 2.45) is 0 Å². The zero-order chi connectivity index (χ0) is 24.4. The summed E-state index contributed by atoms with van der Waals surface area (Å²) < 4.78 is 61.6. The van der Waals surface area contributed by atoms with Gasteiger partial charge in [0.1, 0.15) is 30.5 Å². The fourth-order valence-corrected chi connectivity index (χ4v) is 6.12. The molecule has 0 amide bonds. The molecule has 3 aliphatic heterocycles. The van der Waals surface area contributed by atoms with Crippen molar-refractivity contribution >= 4 is 15.6 Å². The second-order valence-electron chi connectivity index (χ2n) is 8.73. The van der Waals surface area contributed by atoms with Crippen LogP contribution in [0.3, 0.4) is 0 Å². The molecule has 0 spiro atoms. The van der Waals surface area contributed by atoms with Gasteiger partial charge in [0.15, 0.2) is 0 Å². The van der Waals surface area contributed by atoms with Crippen LogP contribution in [0.15, 0.2) is 0 Å². The van der Waals surface area contributed by atoms with E-state index in [1.165, 1.54) is 0 Å². The summed E-state index contributed by atoms with van der Waals surface area (Å²) in [6, 6.07) is 0. The first-order valence-electron chi connectivity index (χ1n) is 10.9. The highest BCUT2D eigenvalue weighted by molar-refractivity contribution is 7.47. The molecule has 3 fully saturated rings. The lowest BCUT2D eigenvalue weighted by Gasteiger charge is -2.24. The number of phosphoric acid groups is 2. The van der Waals surface area contributed by atoms with Crippen molar-refractivity contribution in [3.05, 3.63) is 0 Å². The molecule has 3 heterocycles. The smallest absolute Gasteiger partial charge is 0.394 e. The first kappa shape index (κ1) is 27.6. The van der Waals surface area contributed by atoms with E-state index in [1.54, 1.807) is 20.8 Å². The lowest BCUT2D eigenvalue weighted by atomic mass is 10.1. The fourth-order valence-electron chi connectivity index (χ4n) is 4.20. The topological polar surface area (TPSA) is 180 Å². The van der Waals surface area contributed by atoms with Gasteiger partial charge in [-0.05, 0) is 20.8 Å². The van der Waals surface area contributed by atoms with Crippen molar-refractivity contribution in [3.8, 4) is 0 Å². The SMILES string of the molecule is CC1C[C@@H](O)[C@@H](COP(=O)(O)O[C@@H]2CC(C)O[C@@H]2COP(=O)(O)O[C@@H]2CC(C)O[C@@H]2CO)O1. The summed E-state index contributed by atoms with van der Waals surface area (Å²) >= 11 is 0. The van der Waals surface area contributed by atoms with Crippen molar-refractivity contribution in [1.29, 1.82) is 0 Å². The average molecular weight is 520 g/mol. The Bertz CT molecular complexity index is 738. The van der Waals surface area contributed by atoms with Crippen molar-refractivity contribution in [1.82, 2.24) is 0 Å². The fraction of sp³-hybridized carbons (Fsp3) is 1.00. The van der Waals surface area contributed by atoms with Gasteiger partial charge in [-0.1, -0.05) is 0 Å². The zero-order valence-electron chi connectivity index (χ0n) is 18.8. The Morgan fingerprint density at radius 1 is 0.758 bits per heavy atom. The second-order valence-corrected chi connectivity index (χ2v) is 11.5. The van der Waals surface area contributed by atoms with Crippen molar-refractivity contribution in [2.45, 2.75) is 95.0 Å². The summed E-state index contributed by atoms with van der Waals surface area (Å²) in [4.78, 5) is 20.2. The van der Waals surface area contributed by atoms with Crippen LogP contribution in [-0.2, 0) is 41.4 Å². The first-order valence-corrected chi connectivity index (χ1v) is 13.9. The average Bonchev–Trinajstić information content (AvgIpc) is 3.33. The van der Waals surface area contributed by atoms with E-state index in [0.29, 0.717) is 12.8 Å². The normalized spacial score (nSPS) is 42.9. The van der Waals surface area contributed by atoms with E-state index in [2.05, 4.69) is 0 Å². The quantitative estimate of drug-likeness (QED) is 0.282. The standard InChI is InChI=1S/C18H34O13P2/c1-10-4-13(20)17(28-10)8-25-32(21,22)31-15-6-12(3)29-18(15)9-26-33(23,24)30-14-5-11(2)27-16(14)7-19/h10-20H,4-9H2,1-3H3,(H,21,22)(H,23,24)/t10?,11?,12?,13-,14-,15-,16-,17-,18-/m1/s1. The Morgan fingerprint density at radius 3 is 1.67 bits per heavy atom. The van der Waals surface area contributed by atoms with Gasteiger partial charge in [0.05, 0.1) is 44.2 Å². The second kappa shape index (κ2) is 11.4. The van der Waals surface area contributed by atoms with E-state index in [-0.39, 0.29) is 37.9 Å². The van der Waals surface area contributed by atoms with Crippen molar-refractivity contribution in [2.75, 3.05) is 19.8 Å². The Morgan fingerprint density at radius 2 is 1.18 bits per heavy atom. The summed E-state index contributed by atoms with van der Waals surface area (Å²) in [6.45, 7) is 4.08. The maximum absolute atomic E-state index is 12.4. The molecule has 3 rings (SSSR count). The number of ether oxygens (including phenoxy) is 3. The van der Waals surface area contributed by atoms with E-state index >= 15 is 0 Å². The molecule has 0 aromatic carbocycles. The highest BCUT2D eigenvalue weighted by atomic mass is 31.2. The van der Waals surface area contributed by atoms with E-state index in [0.717, 1.165) is 0 Å². The highest BCUT2D eigenvalue weighted by Gasteiger charge is 2.43. The third kappa shape index (κ3) is 8.01. The molecule has 15 heteroatoms. The van der Waals surface area contributed by atoms with Crippen LogP contribution < -0.4 is 0 Å². The number of hydrogen-bond acceptors (Lipinski definition) is 11. The Labute approximate surface area is 192 Å². The molecule has 4 N–H and O–H groups in total. The molecule has 194 valence electrons. The van der Waals surface area contributed by atoms with Crippen LogP contribution in [0.25, 0.3) is 0 Å². The molecular formula is C18H34O13P2. The highest BCUT2D eigenvalue weighted by Crippen LogP contribution is 2.50. The minimum Gasteiger partial charge on any atom is -0.394 e. The van der Waals surface area contributed by atoms with Gasteiger partial charge in [-0.2, -0.15) is 0 Å². The predicted molar refractivity (Wildman–Crippen MR) is 111 cm³/mol. The maximum Gasteiger partial charge on any atom is 0.472 e. The van der Waals surface area contributed by atoms with Crippen molar-refractivity contribution in [3.63, 3.8) is 0 Å². The van der Waals surface area contributed by atoms with E-state index in [9.17, 15) is 29.1 Å². The number of rotatable bonds is 11. The molecule has 0 aromatic rings. The minimum absolute atomic E-state index is 0.193. The minimum atomic E-state index is -4.55. The van der Waals surface area contributed by atoms with Crippen LogP contribution in [0.2, 0.25) is 0 Å². The zero-order valence-corrected chi connectivity index (χ0v) is 20.6. The van der Waals surface area contributed by atoms with E-state index in [4.69, 9.17) is 32.3 Å². The number of aliphatic hydroxyl groups excluding tert-OH is 2. The van der Waals surface area contributed by atoms with Gasteiger partial charge in [0.25, 0.3) is 0 Å². The molecule has 0 radical (unpaired) electrons. The summed E-state index contributed by atoms with van der Waals surface area (Å²) in [7, 11) is -9.09. The van der Waals surface area contributed by atoms with Crippen LogP contribution in [0.4, 0.5) is 0 Å². The molecule has 0 bridgehead atoms. The van der Waals surface area contributed by atoms with Crippen LogP contribution in [0.1, 0.15) is 40.0 Å². The van der Waals surface area contributed by atoms with Crippen molar-refractivity contribution < 1.29 is 61.4 Å². The monoisotopic (exact) mass is 520 g/mol. The van der Waals surface area contributed by atoms with Gasteiger partial charge in [0.2, 0.25) is 0 Å². The van der Waals surface area contributed by atoms with Crippen LogP contribution in [0, 0.1) is 0 Å². The van der Waals surface area contributed by atoms with Gasteiger partial charge in [0, 0.05) is 19.3 Å². The predicted octanol–water partition coefficient (Wildman–Crippen LogP) is 0.876. The van der Waals surface area contributed by atoms with Crippen LogP contribution in [-0.4, -0.2) is 94.8 Å². The molecule has 0 saturated carbocycles. The lowest BCUT2D eigenvalue weighted by Crippen LogP contribution is -2.31. The largest absolute Gasteiger partial charge is 0.472 e. The van der Waals surface area contributed by atoms with E-state index < -0.39 is 58.9 Å². The van der Waals surface area contributed by atoms with Gasteiger partial charge in [-0.25, -0.2) is 9.13 Å². The summed E-state index contributed by atoms with van der Waals surface area (Å²) in [5.74, 6) is 0. The molecule has 0 aliphatic carbocycles. The Kier molecular flexibility index (Phi) is 9.52. The molecule has 3 aliphatic rings. The molecule has 5 unspecified atom stereocenters. The molecular weight excluding hydrogens is 486 g/mol. The summed E-state index contributed by atoms with van der Waals surface area (Å²) in [5.41, 5.74) is 0. The van der Waals surface area contributed by atoms with Crippen LogP contribution in [0.5, 0.6) is 0 Å². The third-order valence-corrected chi connectivity index (χ3v) is 7.73. The van der Waals surface area contributed by atoms with Gasteiger partial charge < -0.3 is 34.2 Å². The lowest BCUT2D eigenvalue weighted by molar-refractivity contribution is -0.0410. The summed E-state index contributed by atoms with van der Waals surface area (Å²) in [5, 5.41) is 19.2. The van der Waals surface area contributed by atoms with E-state index in [1.807, 2.05) is 0 Å². The Balaban J connectivity index is 1.50. The third-order valence-electron chi connectivity index (χ3n) is 5.70. The maximum atomic E-state index is 12.4. The summed E-state index contributed by atoms with van der Waals surface area (Å²) in [6.07, 6.45) is -4.90. The molecule has 13 nitrogen and oxygen atoms in total. The number of aliphatic hydroxyl groups is 2. The van der Waals surface area contributed by atoms with Gasteiger partial charge in [-0.15, -0.1) is 0 Å². The van der Waals surface area contributed by atoms with Gasteiger partial charge in [-0.3, -0.25) is 18.1 Å². The number of phosphoric ester groups is 2. The molecule has 11 atom stereocenters. The van der Waals surface area contributed by atoms with Gasteiger partial charge >= 0.3 is 15.6 Å². The molecule has 33 heavy (non-hydrogen) atoms. The number of hydrogen-bond donors (Lipinski definition) is 4.